The molecule has 0 spiro atoms. The molecule has 4 heteroatoms. The molecule has 1 aromatic carbocycles. The molecule has 0 fully saturated rings. The molecule has 15 heavy (non-hydrogen) atoms. The zero-order chi connectivity index (χ0) is 10.5. The van der Waals surface area contributed by atoms with Crippen LogP contribution in [0.3, 0.4) is 0 Å². The van der Waals surface area contributed by atoms with Crippen LogP contribution in [0.25, 0.3) is 0 Å². The summed E-state index contributed by atoms with van der Waals surface area (Å²) in [6.45, 7) is 0.720. The van der Waals surface area contributed by atoms with Crippen LogP contribution in [0.15, 0.2) is 47.6 Å². The summed E-state index contributed by atoms with van der Waals surface area (Å²) in [7, 11) is 0. The first-order chi connectivity index (χ1) is 7.34. The van der Waals surface area contributed by atoms with Crippen LogP contribution in [-0.2, 0) is 6.54 Å². The second kappa shape index (κ2) is 4.79. The van der Waals surface area contributed by atoms with E-state index in [0.717, 1.165) is 11.4 Å². The normalized spacial score (nSPS) is 9.93. The Morgan fingerprint density at radius 1 is 1.07 bits per heavy atom. The van der Waals surface area contributed by atoms with Crippen molar-refractivity contribution in [3.8, 4) is 0 Å². The van der Waals surface area contributed by atoms with E-state index in [9.17, 15) is 0 Å². The maximum atomic E-state index is 4.22. The van der Waals surface area contributed by atoms with E-state index in [-0.39, 0.29) is 0 Å². The Morgan fingerprint density at radius 3 is 2.40 bits per heavy atom. The summed E-state index contributed by atoms with van der Waals surface area (Å²) in [5.74, 6) is 0.646. The van der Waals surface area contributed by atoms with Gasteiger partial charge in [0.1, 0.15) is 0 Å². The molecular formula is C11H11N3S. The van der Waals surface area contributed by atoms with Crippen LogP contribution >= 0.6 is 12.6 Å². The number of nitrogens with one attached hydrogen (secondary N) is 1. The molecular weight excluding hydrogens is 206 g/mol. The van der Waals surface area contributed by atoms with Gasteiger partial charge in [0.2, 0.25) is 5.95 Å². The molecule has 0 bridgehead atoms. The van der Waals surface area contributed by atoms with Crippen LogP contribution in [-0.4, -0.2) is 9.97 Å². The van der Waals surface area contributed by atoms with Crippen LogP contribution in [0.4, 0.5) is 5.95 Å². The summed E-state index contributed by atoms with van der Waals surface area (Å²) >= 11 is 4.22. The third kappa shape index (κ3) is 2.95. The van der Waals surface area contributed by atoms with Crippen molar-refractivity contribution >= 4 is 18.6 Å². The van der Waals surface area contributed by atoms with E-state index in [4.69, 9.17) is 0 Å². The highest BCUT2D eigenvalue weighted by molar-refractivity contribution is 7.80. The molecule has 0 atom stereocenters. The van der Waals surface area contributed by atoms with Crippen molar-refractivity contribution in [2.45, 2.75) is 11.4 Å². The van der Waals surface area contributed by atoms with Crippen molar-refractivity contribution < 1.29 is 0 Å². The van der Waals surface area contributed by atoms with Crippen molar-refractivity contribution in [2.75, 3.05) is 5.32 Å². The molecule has 3 nitrogen and oxygen atoms in total. The molecule has 0 saturated heterocycles. The van der Waals surface area contributed by atoms with Crippen LogP contribution in [0.2, 0.25) is 0 Å². The van der Waals surface area contributed by atoms with Crippen molar-refractivity contribution in [3.63, 3.8) is 0 Å². The molecule has 0 aliphatic heterocycles. The third-order valence-corrected chi connectivity index (χ3v) is 2.25. The Morgan fingerprint density at radius 2 is 1.73 bits per heavy atom. The number of hydrogen-bond acceptors (Lipinski definition) is 4. The summed E-state index contributed by atoms with van der Waals surface area (Å²) in [6, 6.07) is 9.77. The average molecular weight is 217 g/mol. The Hall–Kier alpha value is -1.55. The fraction of sp³-hybridized carbons (Fsp3) is 0.0909. The molecule has 1 N–H and O–H groups in total. The highest BCUT2D eigenvalue weighted by Gasteiger charge is 1.94. The van der Waals surface area contributed by atoms with Gasteiger partial charge in [-0.05, 0) is 23.8 Å². The summed E-state index contributed by atoms with van der Waals surface area (Å²) < 4.78 is 0. The van der Waals surface area contributed by atoms with Gasteiger partial charge in [-0.1, -0.05) is 12.1 Å². The van der Waals surface area contributed by atoms with E-state index in [0.29, 0.717) is 5.95 Å². The average Bonchev–Trinajstić information content (AvgIpc) is 2.30. The third-order valence-electron chi connectivity index (χ3n) is 1.95. The van der Waals surface area contributed by atoms with Crippen LogP contribution < -0.4 is 5.32 Å². The standard InChI is InChI=1S/C11H11N3S/c15-10-4-2-9(3-5-10)8-14-11-12-6-1-7-13-11/h1-7,15H,8H2,(H,12,13,14). The second-order valence-corrected chi connectivity index (χ2v) is 3.61. The van der Waals surface area contributed by atoms with Gasteiger partial charge >= 0.3 is 0 Å². The molecule has 76 valence electrons. The van der Waals surface area contributed by atoms with E-state index in [2.05, 4.69) is 27.9 Å². The number of aromatic nitrogens is 2. The minimum atomic E-state index is 0.646. The number of hydrogen-bond donors (Lipinski definition) is 2. The number of rotatable bonds is 3. The van der Waals surface area contributed by atoms with Gasteiger partial charge < -0.3 is 5.32 Å². The number of anilines is 1. The number of thiol groups is 1. The molecule has 1 aromatic heterocycles. The Balaban J connectivity index is 1.96. The molecule has 2 rings (SSSR count). The minimum absolute atomic E-state index is 0.646. The van der Waals surface area contributed by atoms with Crippen molar-refractivity contribution in [1.29, 1.82) is 0 Å². The second-order valence-electron chi connectivity index (χ2n) is 3.09. The van der Waals surface area contributed by atoms with Crippen molar-refractivity contribution in [2.24, 2.45) is 0 Å². The summed E-state index contributed by atoms with van der Waals surface area (Å²) in [5, 5.41) is 3.13. The SMILES string of the molecule is Sc1ccc(CNc2ncccn2)cc1. The van der Waals surface area contributed by atoms with Crippen LogP contribution in [0, 0.1) is 0 Å². The largest absolute Gasteiger partial charge is 0.350 e. The van der Waals surface area contributed by atoms with E-state index >= 15 is 0 Å². The van der Waals surface area contributed by atoms with Crippen molar-refractivity contribution in [3.05, 3.63) is 48.3 Å². The van der Waals surface area contributed by atoms with Crippen LogP contribution in [0.5, 0.6) is 0 Å². The predicted octanol–water partition coefficient (Wildman–Crippen LogP) is 2.38. The lowest BCUT2D eigenvalue weighted by molar-refractivity contribution is 1.05. The van der Waals surface area contributed by atoms with E-state index < -0.39 is 0 Å². The quantitative estimate of drug-likeness (QED) is 0.775. The van der Waals surface area contributed by atoms with Gasteiger partial charge in [-0.25, -0.2) is 9.97 Å². The fourth-order valence-electron chi connectivity index (χ4n) is 1.19. The lowest BCUT2D eigenvalue weighted by atomic mass is 10.2. The van der Waals surface area contributed by atoms with Gasteiger partial charge in [0, 0.05) is 23.8 Å². The molecule has 2 aromatic rings. The molecule has 0 radical (unpaired) electrons. The zero-order valence-electron chi connectivity index (χ0n) is 8.09. The Kier molecular flexibility index (Phi) is 3.19. The van der Waals surface area contributed by atoms with Gasteiger partial charge in [-0.2, -0.15) is 0 Å². The van der Waals surface area contributed by atoms with Gasteiger partial charge in [0.05, 0.1) is 0 Å². The Bertz CT molecular complexity index is 414. The molecule has 0 aliphatic rings. The molecule has 0 unspecified atom stereocenters. The zero-order valence-corrected chi connectivity index (χ0v) is 8.98. The summed E-state index contributed by atoms with van der Waals surface area (Å²) in [4.78, 5) is 9.12. The monoisotopic (exact) mass is 217 g/mol. The van der Waals surface area contributed by atoms with E-state index in [1.165, 1.54) is 5.56 Å². The fourth-order valence-corrected chi connectivity index (χ4v) is 1.33. The first-order valence-corrected chi connectivity index (χ1v) is 5.08. The topological polar surface area (TPSA) is 37.8 Å². The van der Waals surface area contributed by atoms with E-state index in [1.807, 2.05) is 24.3 Å². The summed E-state index contributed by atoms with van der Waals surface area (Å²) in [6.07, 6.45) is 3.43. The van der Waals surface area contributed by atoms with Crippen molar-refractivity contribution in [1.82, 2.24) is 9.97 Å². The van der Waals surface area contributed by atoms with E-state index in [1.54, 1.807) is 18.5 Å². The maximum Gasteiger partial charge on any atom is 0.222 e. The highest BCUT2D eigenvalue weighted by Crippen LogP contribution is 2.08. The summed E-state index contributed by atoms with van der Waals surface area (Å²) in [5.41, 5.74) is 1.18. The number of nitrogens with zero attached hydrogens (tertiary/aromatic N) is 2. The van der Waals surface area contributed by atoms with Gasteiger partial charge in [-0.15, -0.1) is 12.6 Å². The lowest BCUT2D eigenvalue weighted by Crippen LogP contribution is -2.02. The maximum absolute atomic E-state index is 4.22. The highest BCUT2D eigenvalue weighted by atomic mass is 32.1. The molecule has 0 aliphatic carbocycles. The number of benzene rings is 1. The minimum Gasteiger partial charge on any atom is -0.350 e. The predicted molar refractivity (Wildman–Crippen MR) is 63.1 cm³/mol. The first kappa shape index (κ1) is 9.98. The molecule has 1 heterocycles. The molecule has 0 amide bonds. The first-order valence-electron chi connectivity index (χ1n) is 4.63. The van der Waals surface area contributed by atoms with Gasteiger partial charge in [0.15, 0.2) is 0 Å². The van der Waals surface area contributed by atoms with Crippen LogP contribution in [0.1, 0.15) is 5.56 Å². The van der Waals surface area contributed by atoms with Gasteiger partial charge in [-0.3, -0.25) is 0 Å². The lowest BCUT2D eigenvalue weighted by Gasteiger charge is -2.04. The van der Waals surface area contributed by atoms with Gasteiger partial charge in [0.25, 0.3) is 0 Å². The molecule has 0 saturated carbocycles. The smallest absolute Gasteiger partial charge is 0.222 e. The Labute approximate surface area is 94.0 Å².